The fourth-order valence-electron chi connectivity index (χ4n) is 3.28. The van der Waals surface area contributed by atoms with Crippen LogP contribution >= 0.6 is 24.0 Å². The van der Waals surface area contributed by atoms with Gasteiger partial charge in [-0.15, -0.1) is 24.0 Å². The second kappa shape index (κ2) is 11.1. The Balaban J connectivity index is 0.00000392. The van der Waals surface area contributed by atoms with Crippen molar-refractivity contribution in [2.45, 2.75) is 26.1 Å². The van der Waals surface area contributed by atoms with Crippen LogP contribution in [0, 0.1) is 17.6 Å². The highest BCUT2D eigenvalue weighted by Crippen LogP contribution is 2.21. The van der Waals surface area contributed by atoms with Crippen LogP contribution in [0.5, 0.6) is 0 Å². The average molecular weight is 520 g/mol. The summed E-state index contributed by atoms with van der Waals surface area (Å²) in [5, 5.41) is 3.00. The van der Waals surface area contributed by atoms with Crippen LogP contribution in [0.1, 0.15) is 18.9 Å². The van der Waals surface area contributed by atoms with Crippen molar-refractivity contribution in [3.05, 3.63) is 35.4 Å². The van der Waals surface area contributed by atoms with Crippen molar-refractivity contribution in [1.29, 1.82) is 0 Å². The van der Waals surface area contributed by atoms with Crippen LogP contribution in [0.25, 0.3) is 0 Å². The molecule has 1 N–H and O–H groups in total. The van der Waals surface area contributed by atoms with E-state index < -0.39 is 24.4 Å². The van der Waals surface area contributed by atoms with E-state index in [1.807, 2.05) is 4.90 Å². The van der Waals surface area contributed by atoms with Gasteiger partial charge in [-0.05, 0) is 37.1 Å². The number of halogens is 6. The molecule has 0 saturated carbocycles. The van der Waals surface area contributed by atoms with Crippen LogP contribution in [0.15, 0.2) is 23.2 Å². The monoisotopic (exact) mass is 520 g/mol. The lowest BCUT2D eigenvalue weighted by molar-refractivity contribution is -0.146. The molecule has 160 valence electrons. The topological polar surface area (TPSA) is 30.9 Å². The molecule has 0 spiro atoms. The van der Waals surface area contributed by atoms with Crippen molar-refractivity contribution in [3.8, 4) is 0 Å². The molecule has 4 nitrogen and oxygen atoms in total. The molecule has 1 aliphatic heterocycles. The summed E-state index contributed by atoms with van der Waals surface area (Å²) in [6.07, 6.45) is -3.45. The summed E-state index contributed by atoms with van der Waals surface area (Å²) < 4.78 is 64.8. The van der Waals surface area contributed by atoms with E-state index in [9.17, 15) is 22.0 Å². The van der Waals surface area contributed by atoms with E-state index in [4.69, 9.17) is 0 Å². The predicted molar refractivity (Wildman–Crippen MR) is 110 cm³/mol. The van der Waals surface area contributed by atoms with Crippen molar-refractivity contribution >= 4 is 29.9 Å². The zero-order valence-electron chi connectivity index (χ0n) is 15.9. The normalized spacial score (nSPS) is 17.8. The van der Waals surface area contributed by atoms with Gasteiger partial charge in [0.15, 0.2) is 5.96 Å². The molecule has 1 aliphatic rings. The molecule has 1 heterocycles. The van der Waals surface area contributed by atoms with Gasteiger partial charge < -0.3 is 10.2 Å². The highest BCUT2D eigenvalue weighted by atomic mass is 127. The second-order valence-corrected chi connectivity index (χ2v) is 6.68. The Kier molecular flexibility index (Phi) is 9.88. The quantitative estimate of drug-likeness (QED) is 0.268. The van der Waals surface area contributed by atoms with Gasteiger partial charge in [0.25, 0.3) is 0 Å². The third kappa shape index (κ3) is 7.69. The van der Waals surface area contributed by atoms with Gasteiger partial charge in [0.1, 0.15) is 11.6 Å². The summed E-state index contributed by atoms with van der Waals surface area (Å²) in [5.74, 6) is -0.407. The fourth-order valence-corrected chi connectivity index (χ4v) is 3.28. The van der Waals surface area contributed by atoms with Gasteiger partial charge in [-0.3, -0.25) is 9.89 Å². The van der Waals surface area contributed by atoms with Crippen LogP contribution < -0.4 is 5.32 Å². The number of hydrogen-bond acceptors (Lipinski definition) is 2. The van der Waals surface area contributed by atoms with E-state index >= 15 is 0 Å². The maximum atomic E-state index is 13.7. The molecule has 1 aromatic carbocycles. The first-order valence-corrected chi connectivity index (χ1v) is 8.90. The number of guanidine groups is 1. The SMILES string of the molecule is CCN(CC1CCN(C(=NC)NCc2cc(F)ccc2F)C1)CC(F)(F)F.I. The van der Waals surface area contributed by atoms with E-state index in [0.717, 1.165) is 24.6 Å². The summed E-state index contributed by atoms with van der Waals surface area (Å²) in [7, 11) is 1.58. The fraction of sp³-hybridized carbons (Fsp3) is 0.611. The summed E-state index contributed by atoms with van der Waals surface area (Å²) in [5.41, 5.74) is 0.189. The highest BCUT2D eigenvalue weighted by molar-refractivity contribution is 14.0. The van der Waals surface area contributed by atoms with Crippen molar-refractivity contribution < 1.29 is 22.0 Å². The van der Waals surface area contributed by atoms with Gasteiger partial charge >= 0.3 is 6.18 Å². The molecule has 1 unspecified atom stereocenters. The van der Waals surface area contributed by atoms with Gasteiger partial charge in [-0.2, -0.15) is 13.2 Å². The zero-order chi connectivity index (χ0) is 20.0. The van der Waals surface area contributed by atoms with Crippen molar-refractivity contribution in [1.82, 2.24) is 15.1 Å². The Morgan fingerprint density at radius 3 is 2.64 bits per heavy atom. The molecule has 0 radical (unpaired) electrons. The summed E-state index contributed by atoms with van der Waals surface area (Å²) in [6, 6.07) is 3.25. The van der Waals surface area contributed by atoms with Crippen LogP contribution in [0.4, 0.5) is 22.0 Å². The summed E-state index contributed by atoms with van der Waals surface area (Å²) in [6.45, 7) is 2.80. The van der Waals surface area contributed by atoms with Gasteiger partial charge in [-0.1, -0.05) is 6.92 Å². The lowest BCUT2D eigenvalue weighted by Gasteiger charge is -2.26. The number of hydrogen-bond donors (Lipinski definition) is 1. The third-order valence-corrected chi connectivity index (χ3v) is 4.61. The van der Waals surface area contributed by atoms with E-state index in [-0.39, 0.29) is 42.0 Å². The molecule has 0 amide bonds. The van der Waals surface area contributed by atoms with E-state index in [0.29, 0.717) is 32.1 Å². The third-order valence-electron chi connectivity index (χ3n) is 4.61. The van der Waals surface area contributed by atoms with Gasteiger partial charge in [-0.25, -0.2) is 8.78 Å². The molecule has 0 bridgehead atoms. The first-order valence-electron chi connectivity index (χ1n) is 8.90. The Morgan fingerprint density at radius 1 is 1.32 bits per heavy atom. The second-order valence-electron chi connectivity index (χ2n) is 6.68. The molecule has 1 aromatic rings. The molecule has 2 rings (SSSR count). The maximum Gasteiger partial charge on any atom is 0.401 e. The lowest BCUT2D eigenvalue weighted by Crippen LogP contribution is -2.41. The molecule has 1 fully saturated rings. The van der Waals surface area contributed by atoms with E-state index in [1.54, 1.807) is 14.0 Å². The van der Waals surface area contributed by atoms with Crippen molar-refractivity contribution in [2.24, 2.45) is 10.9 Å². The Bertz CT molecular complexity index is 653. The zero-order valence-corrected chi connectivity index (χ0v) is 18.2. The number of alkyl halides is 3. The number of likely N-dealkylation sites (tertiary alicyclic amines) is 1. The average Bonchev–Trinajstić information content (AvgIpc) is 3.05. The number of aliphatic imine (C=N–C) groups is 1. The van der Waals surface area contributed by atoms with Crippen LogP contribution in [0.3, 0.4) is 0 Å². The molecular weight excluding hydrogens is 494 g/mol. The van der Waals surface area contributed by atoms with Crippen LogP contribution in [-0.4, -0.2) is 61.7 Å². The standard InChI is InChI=1S/C18H25F5N4.HI/c1-3-26(12-18(21,22)23)10-13-6-7-27(11-13)17(24-2)25-9-14-8-15(19)4-5-16(14)20;/h4-5,8,13H,3,6-7,9-12H2,1-2H3,(H,24,25);1H. The molecule has 0 aromatic heterocycles. The summed E-state index contributed by atoms with van der Waals surface area (Å²) >= 11 is 0. The highest BCUT2D eigenvalue weighted by Gasteiger charge is 2.33. The van der Waals surface area contributed by atoms with Gasteiger partial charge in [0, 0.05) is 38.8 Å². The number of nitrogens with one attached hydrogen (secondary N) is 1. The smallest absolute Gasteiger partial charge is 0.352 e. The number of benzene rings is 1. The molecule has 1 atom stereocenters. The minimum atomic E-state index is -4.21. The largest absolute Gasteiger partial charge is 0.401 e. The molecule has 10 heteroatoms. The van der Waals surface area contributed by atoms with E-state index in [2.05, 4.69) is 10.3 Å². The van der Waals surface area contributed by atoms with Gasteiger partial charge in [0.2, 0.25) is 0 Å². The van der Waals surface area contributed by atoms with Crippen LogP contribution in [0.2, 0.25) is 0 Å². The summed E-state index contributed by atoms with van der Waals surface area (Å²) in [4.78, 5) is 7.48. The predicted octanol–water partition coefficient (Wildman–Crippen LogP) is 3.86. The lowest BCUT2D eigenvalue weighted by atomic mass is 10.1. The number of nitrogens with zero attached hydrogens (tertiary/aromatic N) is 3. The maximum absolute atomic E-state index is 13.7. The van der Waals surface area contributed by atoms with Crippen molar-refractivity contribution in [3.63, 3.8) is 0 Å². The van der Waals surface area contributed by atoms with Gasteiger partial charge in [0.05, 0.1) is 6.54 Å². The minimum Gasteiger partial charge on any atom is -0.352 e. The Morgan fingerprint density at radius 2 is 2.04 bits per heavy atom. The van der Waals surface area contributed by atoms with Crippen molar-refractivity contribution in [2.75, 3.05) is 39.8 Å². The van der Waals surface area contributed by atoms with Crippen LogP contribution in [-0.2, 0) is 6.54 Å². The van der Waals surface area contributed by atoms with E-state index in [1.165, 1.54) is 4.90 Å². The minimum absolute atomic E-state index is 0. The molecule has 0 aliphatic carbocycles. The number of rotatable bonds is 6. The first-order chi connectivity index (χ1) is 12.7. The molecule has 28 heavy (non-hydrogen) atoms. The first kappa shape index (κ1) is 24.9. The molecular formula is C18H26F5IN4. The Hall–Kier alpha value is -1.17. The molecule has 1 saturated heterocycles. The Labute approximate surface area is 179 Å².